The second-order valence-corrected chi connectivity index (χ2v) is 4.63. The lowest BCUT2D eigenvalue weighted by Gasteiger charge is -2.20. The summed E-state index contributed by atoms with van der Waals surface area (Å²) >= 11 is 0. The van der Waals surface area contributed by atoms with Gasteiger partial charge in [-0.15, -0.1) is 0 Å². The van der Waals surface area contributed by atoms with E-state index in [2.05, 4.69) is 5.32 Å². The highest BCUT2D eigenvalue weighted by molar-refractivity contribution is 5.78. The fraction of sp³-hybridized carbons (Fsp3) is 0.429. The smallest absolute Gasteiger partial charge is 0.306 e. The first kappa shape index (κ1) is 15.2. The molecule has 5 heteroatoms. The molecule has 0 aliphatic rings. The number of aliphatic carboxylic acids is 1. The molecule has 0 aliphatic heterocycles. The highest BCUT2D eigenvalue weighted by atomic mass is 16.4. The van der Waals surface area contributed by atoms with Crippen molar-refractivity contribution in [3.63, 3.8) is 0 Å². The maximum absolute atomic E-state index is 11.4. The molecule has 2 unspecified atom stereocenters. The minimum absolute atomic E-state index is 0.0905. The van der Waals surface area contributed by atoms with Gasteiger partial charge in [-0.1, -0.05) is 37.3 Å². The second kappa shape index (κ2) is 7.53. The maximum atomic E-state index is 11.4. The van der Waals surface area contributed by atoms with Crippen LogP contribution in [0.3, 0.4) is 0 Å². The molecule has 0 heterocycles. The summed E-state index contributed by atoms with van der Waals surface area (Å²) in [4.78, 5) is 22.3. The van der Waals surface area contributed by atoms with Crippen LogP contribution in [0.2, 0.25) is 0 Å². The molecule has 19 heavy (non-hydrogen) atoms. The Morgan fingerprint density at radius 2 is 1.95 bits per heavy atom. The molecular formula is C14H20N2O3. The predicted octanol–water partition coefficient (Wildman–Crippen LogP) is 0.783. The van der Waals surface area contributed by atoms with Gasteiger partial charge in [-0.25, -0.2) is 0 Å². The second-order valence-electron chi connectivity index (χ2n) is 4.63. The van der Waals surface area contributed by atoms with Crippen LogP contribution in [0.4, 0.5) is 0 Å². The zero-order chi connectivity index (χ0) is 14.3. The molecule has 0 aromatic heterocycles. The lowest BCUT2D eigenvalue weighted by atomic mass is 9.96. The highest BCUT2D eigenvalue weighted by Crippen LogP contribution is 2.12. The molecule has 4 N–H and O–H groups in total. The molecule has 0 fully saturated rings. The van der Waals surface area contributed by atoms with E-state index in [1.54, 1.807) is 6.92 Å². The first-order chi connectivity index (χ1) is 9.02. The van der Waals surface area contributed by atoms with Crippen LogP contribution in [0.5, 0.6) is 0 Å². The summed E-state index contributed by atoms with van der Waals surface area (Å²) in [7, 11) is 0. The Labute approximate surface area is 112 Å². The van der Waals surface area contributed by atoms with Crippen molar-refractivity contribution in [2.24, 2.45) is 11.7 Å². The Balaban J connectivity index is 2.68. The van der Waals surface area contributed by atoms with E-state index in [1.807, 2.05) is 30.3 Å². The number of nitrogens with two attached hydrogens (primary N) is 1. The van der Waals surface area contributed by atoms with Crippen molar-refractivity contribution in [3.05, 3.63) is 35.9 Å². The number of carboxylic acids is 1. The molecule has 2 atom stereocenters. The minimum Gasteiger partial charge on any atom is -0.481 e. The summed E-state index contributed by atoms with van der Waals surface area (Å²) in [5, 5.41) is 11.7. The summed E-state index contributed by atoms with van der Waals surface area (Å²) < 4.78 is 0. The number of carboxylic acid groups (broad SMARTS) is 1. The topological polar surface area (TPSA) is 92.4 Å². The largest absolute Gasteiger partial charge is 0.481 e. The predicted molar refractivity (Wildman–Crippen MR) is 72.5 cm³/mol. The van der Waals surface area contributed by atoms with Crippen molar-refractivity contribution in [2.75, 3.05) is 6.54 Å². The third kappa shape index (κ3) is 5.52. The Hall–Kier alpha value is -1.88. The van der Waals surface area contributed by atoms with Gasteiger partial charge in [0.2, 0.25) is 5.91 Å². The zero-order valence-electron chi connectivity index (χ0n) is 11.0. The Bertz CT molecular complexity index is 420. The molecule has 0 radical (unpaired) electrons. The summed E-state index contributed by atoms with van der Waals surface area (Å²) in [5.74, 6) is -1.63. The Kier molecular flexibility index (Phi) is 6.02. The van der Waals surface area contributed by atoms with Crippen LogP contribution in [-0.2, 0) is 16.0 Å². The van der Waals surface area contributed by atoms with E-state index in [0.29, 0.717) is 12.8 Å². The molecule has 0 aliphatic carbocycles. The van der Waals surface area contributed by atoms with E-state index in [0.717, 1.165) is 5.56 Å². The van der Waals surface area contributed by atoms with Crippen molar-refractivity contribution in [3.8, 4) is 0 Å². The normalized spacial score (nSPS) is 13.6. The van der Waals surface area contributed by atoms with Gasteiger partial charge in [0, 0.05) is 6.04 Å². The molecule has 5 nitrogen and oxygen atoms in total. The van der Waals surface area contributed by atoms with Crippen LogP contribution in [0.1, 0.15) is 18.9 Å². The van der Waals surface area contributed by atoms with Crippen molar-refractivity contribution < 1.29 is 14.7 Å². The minimum atomic E-state index is -0.861. The van der Waals surface area contributed by atoms with E-state index in [9.17, 15) is 9.59 Å². The number of rotatable bonds is 7. The molecule has 0 saturated carbocycles. The summed E-state index contributed by atoms with van der Waals surface area (Å²) in [6, 6.07) is 9.43. The van der Waals surface area contributed by atoms with Gasteiger partial charge in [0.25, 0.3) is 0 Å². The zero-order valence-corrected chi connectivity index (χ0v) is 11.0. The van der Waals surface area contributed by atoms with Crippen LogP contribution in [0.15, 0.2) is 30.3 Å². The van der Waals surface area contributed by atoms with Crippen LogP contribution in [0.25, 0.3) is 0 Å². The average Bonchev–Trinajstić information content (AvgIpc) is 2.39. The van der Waals surface area contributed by atoms with Crippen molar-refractivity contribution in [1.82, 2.24) is 5.32 Å². The van der Waals surface area contributed by atoms with Crippen LogP contribution < -0.4 is 11.1 Å². The number of carbonyl (C=O) groups is 2. The van der Waals surface area contributed by atoms with E-state index in [-0.39, 0.29) is 18.5 Å². The Morgan fingerprint density at radius 3 is 2.47 bits per heavy atom. The van der Waals surface area contributed by atoms with Gasteiger partial charge in [0.1, 0.15) is 0 Å². The van der Waals surface area contributed by atoms with Crippen molar-refractivity contribution >= 4 is 11.9 Å². The highest BCUT2D eigenvalue weighted by Gasteiger charge is 2.19. The molecule has 1 aromatic carbocycles. The average molecular weight is 264 g/mol. The number of carbonyl (C=O) groups excluding carboxylic acids is 1. The number of benzene rings is 1. The van der Waals surface area contributed by atoms with Gasteiger partial charge in [-0.3, -0.25) is 9.59 Å². The molecule has 0 spiro atoms. The molecule has 104 valence electrons. The SMILES string of the molecule is CC(CC(Cc1ccccc1)NC(=O)CN)C(=O)O. The molecule has 0 bridgehead atoms. The number of hydrogen-bond donors (Lipinski definition) is 3. The molecular weight excluding hydrogens is 244 g/mol. The lowest BCUT2D eigenvalue weighted by molar-refractivity contribution is -0.141. The molecule has 1 aromatic rings. The first-order valence-electron chi connectivity index (χ1n) is 6.29. The van der Waals surface area contributed by atoms with Gasteiger partial charge >= 0.3 is 5.97 Å². The van der Waals surface area contributed by atoms with E-state index in [4.69, 9.17) is 10.8 Å². The molecule has 1 rings (SSSR count). The molecule has 0 saturated heterocycles. The number of nitrogens with one attached hydrogen (secondary N) is 1. The monoisotopic (exact) mass is 264 g/mol. The third-order valence-corrected chi connectivity index (χ3v) is 2.94. The van der Waals surface area contributed by atoms with E-state index < -0.39 is 11.9 Å². The first-order valence-corrected chi connectivity index (χ1v) is 6.29. The summed E-state index contributed by atoms with van der Waals surface area (Å²) in [6.07, 6.45) is 0.986. The van der Waals surface area contributed by atoms with Crippen LogP contribution in [0, 0.1) is 5.92 Å². The summed E-state index contributed by atoms with van der Waals surface area (Å²) in [5.41, 5.74) is 6.33. The quantitative estimate of drug-likeness (QED) is 0.678. The van der Waals surface area contributed by atoms with Gasteiger partial charge in [-0.2, -0.15) is 0 Å². The third-order valence-electron chi connectivity index (χ3n) is 2.94. The number of hydrogen-bond acceptors (Lipinski definition) is 3. The van der Waals surface area contributed by atoms with Crippen LogP contribution >= 0.6 is 0 Å². The van der Waals surface area contributed by atoms with Gasteiger partial charge in [-0.05, 0) is 18.4 Å². The Morgan fingerprint density at radius 1 is 1.32 bits per heavy atom. The molecule has 1 amide bonds. The van der Waals surface area contributed by atoms with Crippen molar-refractivity contribution in [2.45, 2.75) is 25.8 Å². The van der Waals surface area contributed by atoms with Crippen molar-refractivity contribution in [1.29, 1.82) is 0 Å². The standard InChI is InChI=1S/C14H20N2O3/c1-10(14(18)19)7-12(16-13(17)9-15)8-11-5-3-2-4-6-11/h2-6,10,12H,7-9,15H2,1H3,(H,16,17)(H,18,19). The van der Waals surface area contributed by atoms with E-state index in [1.165, 1.54) is 0 Å². The van der Waals surface area contributed by atoms with Gasteiger partial charge in [0.05, 0.1) is 12.5 Å². The van der Waals surface area contributed by atoms with Gasteiger partial charge in [0.15, 0.2) is 0 Å². The van der Waals surface area contributed by atoms with Crippen LogP contribution in [-0.4, -0.2) is 29.6 Å². The fourth-order valence-electron chi connectivity index (χ4n) is 1.91. The number of amides is 1. The maximum Gasteiger partial charge on any atom is 0.306 e. The lowest BCUT2D eigenvalue weighted by Crippen LogP contribution is -2.41. The van der Waals surface area contributed by atoms with Gasteiger partial charge < -0.3 is 16.2 Å². The summed E-state index contributed by atoms with van der Waals surface area (Å²) in [6.45, 7) is 1.54. The fourth-order valence-corrected chi connectivity index (χ4v) is 1.91. The van der Waals surface area contributed by atoms with E-state index >= 15 is 0 Å².